The first-order valence-electron chi connectivity index (χ1n) is 7.93. The van der Waals surface area contributed by atoms with Gasteiger partial charge in [0.1, 0.15) is 5.75 Å². The SMILES string of the molecule is COc1ccc(N2C[C@H](NC(=O)Nc3ccc(Cl)cc3Cl)CC2=O)cc1. The highest BCUT2D eigenvalue weighted by Crippen LogP contribution is 2.26. The maximum Gasteiger partial charge on any atom is 0.319 e. The lowest BCUT2D eigenvalue weighted by Gasteiger charge is -2.18. The van der Waals surface area contributed by atoms with Crippen LogP contribution in [0, 0.1) is 0 Å². The number of hydrogen-bond acceptors (Lipinski definition) is 3. The number of rotatable bonds is 4. The first kappa shape index (κ1) is 18.4. The van der Waals surface area contributed by atoms with E-state index in [0.29, 0.717) is 28.0 Å². The fraction of sp³-hybridized carbons (Fsp3) is 0.222. The molecular weight excluding hydrogens is 377 g/mol. The van der Waals surface area contributed by atoms with Crippen LogP contribution in [-0.2, 0) is 4.79 Å². The normalized spacial score (nSPS) is 16.5. The van der Waals surface area contributed by atoms with E-state index < -0.39 is 6.03 Å². The molecule has 0 aliphatic carbocycles. The molecule has 26 heavy (non-hydrogen) atoms. The van der Waals surface area contributed by atoms with Crippen LogP contribution in [0.3, 0.4) is 0 Å². The molecule has 3 rings (SSSR count). The smallest absolute Gasteiger partial charge is 0.319 e. The quantitative estimate of drug-likeness (QED) is 0.826. The van der Waals surface area contributed by atoms with Crippen LogP contribution in [0.1, 0.15) is 6.42 Å². The summed E-state index contributed by atoms with van der Waals surface area (Å²) in [5, 5.41) is 6.28. The van der Waals surface area contributed by atoms with Crippen LogP contribution in [0.15, 0.2) is 42.5 Å². The van der Waals surface area contributed by atoms with E-state index in [9.17, 15) is 9.59 Å². The molecule has 0 spiro atoms. The van der Waals surface area contributed by atoms with Crippen molar-refractivity contribution in [1.82, 2.24) is 5.32 Å². The molecule has 2 N–H and O–H groups in total. The fourth-order valence-corrected chi connectivity index (χ4v) is 3.21. The third kappa shape index (κ3) is 4.20. The summed E-state index contributed by atoms with van der Waals surface area (Å²) in [7, 11) is 1.58. The summed E-state index contributed by atoms with van der Waals surface area (Å²) in [6, 6.07) is 11.3. The second kappa shape index (κ2) is 7.85. The van der Waals surface area contributed by atoms with Gasteiger partial charge in [-0.1, -0.05) is 23.2 Å². The number of methoxy groups -OCH3 is 1. The Hall–Kier alpha value is -2.44. The van der Waals surface area contributed by atoms with Gasteiger partial charge in [-0.25, -0.2) is 4.79 Å². The number of nitrogens with one attached hydrogen (secondary N) is 2. The molecule has 1 saturated heterocycles. The molecule has 0 saturated carbocycles. The number of benzene rings is 2. The Morgan fingerprint density at radius 2 is 1.92 bits per heavy atom. The monoisotopic (exact) mass is 393 g/mol. The summed E-state index contributed by atoms with van der Waals surface area (Å²) in [6.07, 6.45) is 0.230. The molecule has 3 amide bonds. The molecule has 0 radical (unpaired) electrons. The zero-order valence-corrected chi connectivity index (χ0v) is 15.5. The summed E-state index contributed by atoms with van der Waals surface area (Å²) in [6.45, 7) is 0.396. The van der Waals surface area contributed by atoms with Crippen molar-refractivity contribution in [2.45, 2.75) is 12.5 Å². The Balaban J connectivity index is 1.60. The summed E-state index contributed by atoms with van der Waals surface area (Å²) < 4.78 is 5.12. The average molecular weight is 394 g/mol. The van der Waals surface area contributed by atoms with Gasteiger partial charge in [-0.05, 0) is 42.5 Å². The Morgan fingerprint density at radius 1 is 1.19 bits per heavy atom. The van der Waals surface area contributed by atoms with E-state index in [2.05, 4.69) is 10.6 Å². The maximum absolute atomic E-state index is 12.3. The van der Waals surface area contributed by atoms with E-state index in [1.165, 1.54) is 0 Å². The van der Waals surface area contributed by atoms with Crippen molar-refractivity contribution in [2.75, 3.05) is 23.9 Å². The van der Waals surface area contributed by atoms with Crippen LogP contribution in [0.2, 0.25) is 10.0 Å². The molecule has 0 bridgehead atoms. The van der Waals surface area contributed by atoms with Gasteiger partial charge in [0, 0.05) is 23.7 Å². The second-order valence-electron chi connectivity index (χ2n) is 5.83. The molecule has 1 heterocycles. The fourth-order valence-electron chi connectivity index (χ4n) is 2.75. The lowest BCUT2D eigenvalue weighted by molar-refractivity contribution is -0.117. The summed E-state index contributed by atoms with van der Waals surface area (Å²) in [4.78, 5) is 26.1. The Bertz CT molecular complexity index is 827. The van der Waals surface area contributed by atoms with E-state index >= 15 is 0 Å². The van der Waals surface area contributed by atoms with Crippen molar-refractivity contribution < 1.29 is 14.3 Å². The van der Waals surface area contributed by atoms with Crippen LogP contribution < -0.4 is 20.3 Å². The molecule has 1 aliphatic rings. The van der Waals surface area contributed by atoms with Gasteiger partial charge in [0.15, 0.2) is 0 Å². The van der Waals surface area contributed by atoms with Crippen LogP contribution in [0.4, 0.5) is 16.2 Å². The number of carbonyl (C=O) groups excluding carboxylic acids is 2. The molecule has 6 nitrogen and oxygen atoms in total. The van der Waals surface area contributed by atoms with Crippen molar-refractivity contribution in [2.24, 2.45) is 0 Å². The highest BCUT2D eigenvalue weighted by Gasteiger charge is 2.31. The number of hydrogen-bond donors (Lipinski definition) is 2. The standard InChI is InChI=1S/C18H17Cl2N3O3/c1-26-14-5-3-13(4-6-14)23-10-12(9-17(23)24)21-18(25)22-16-7-2-11(19)8-15(16)20/h2-8,12H,9-10H2,1H3,(H2,21,22,25)/t12-/m1/s1. The van der Waals surface area contributed by atoms with E-state index in [4.69, 9.17) is 27.9 Å². The number of halogens is 2. The Morgan fingerprint density at radius 3 is 2.58 bits per heavy atom. The topological polar surface area (TPSA) is 70.7 Å². The van der Waals surface area contributed by atoms with Crippen LogP contribution in [0.25, 0.3) is 0 Å². The van der Waals surface area contributed by atoms with Gasteiger partial charge in [0.05, 0.1) is 23.9 Å². The van der Waals surface area contributed by atoms with Gasteiger partial charge < -0.3 is 20.3 Å². The van der Waals surface area contributed by atoms with E-state index in [0.717, 1.165) is 5.69 Å². The molecule has 2 aromatic rings. The zero-order valence-electron chi connectivity index (χ0n) is 14.0. The third-order valence-corrected chi connectivity index (χ3v) is 4.57. The first-order chi connectivity index (χ1) is 12.5. The van der Waals surface area contributed by atoms with Crippen molar-refractivity contribution in [3.8, 4) is 5.75 Å². The molecule has 2 aromatic carbocycles. The Kier molecular flexibility index (Phi) is 5.54. The molecule has 1 atom stereocenters. The van der Waals surface area contributed by atoms with E-state index in [1.807, 2.05) is 12.1 Å². The molecule has 136 valence electrons. The van der Waals surface area contributed by atoms with Crippen molar-refractivity contribution >= 4 is 46.5 Å². The van der Waals surface area contributed by atoms with Crippen molar-refractivity contribution in [3.05, 3.63) is 52.5 Å². The van der Waals surface area contributed by atoms with Crippen LogP contribution >= 0.6 is 23.2 Å². The number of urea groups is 1. The molecule has 0 aromatic heterocycles. The first-order valence-corrected chi connectivity index (χ1v) is 8.69. The van der Waals surface area contributed by atoms with E-state index in [1.54, 1.807) is 42.3 Å². The van der Waals surface area contributed by atoms with Crippen LogP contribution in [0.5, 0.6) is 5.75 Å². The van der Waals surface area contributed by atoms with Gasteiger partial charge in [0.25, 0.3) is 0 Å². The number of ether oxygens (including phenoxy) is 1. The summed E-state index contributed by atoms with van der Waals surface area (Å²) in [5.41, 5.74) is 1.21. The minimum absolute atomic E-state index is 0.0509. The van der Waals surface area contributed by atoms with Crippen molar-refractivity contribution in [1.29, 1.82) is 0 Å². The van der Waals surface area contributed by atoms with E-state index in [-0.39, 0.29) is 18.4 Å². The van der Waals surface area contributed by atoms with Gasteiger partial charge in [-0.3, -0.25) is 4.79 Å². The van der Waals surface area contributed by atoms with Gasteiger partial charge >= 0.3 is 6.03 Å². The minimum atomic E-state index is -0.427. The minimum Gasteiger partial charge on any atom is -0.497 e. The van der Waals surface area contributed by atoms with Gasteiger partial charge in [-0.2, -0.15) is 0 Å². The summed E-state index contributed by atoms with van der Waals surface area (Å²) >= 11 is 11.9. The highest BCUT2D eigenvalue weighted by molar-refractivity contribution is 6.36. The Labute approximate surface area is 161 Å². The molecule has 1 aliphatic heterocycles. The second-order valence-corrected chi connectivity index (χ2v) is 6.67. The lowest BCUT2D eigenvalue weighted by Crippen LogP contribution is -2.39. The third-order valence-electron chi connectivity index (χ3n) is 4.02. The predicted molar refractivity (Wildman–Crippen MR) is 102 cm³/mol. The van der Waals surface area contributed by atoms with Crippen molar-refractivity contribution in [3.63, 3.8) is 0 Å². The maximum atomic E-state index is 12.3. The van der Waals surface area contributed by atoms with Gasteiger partial charge in [-0.15, -0.1) is 0 Å². The lowest BCUT2D eigenvalue weighted by atomic mass is 10.2. The van der Waals surface area contributed by atoms with Crippen LogP contribution in [-0.4, -0.2) is 31.6 Å². The molecule has 1 fully saturated rings. The van der Waals surface area contributed by atoms with Gasteiger partial charge in [0.2, 0.25) is 5.91 Å². The molecular formula is C18H17Cl2N3O3. The largest absolute Gasteiger partial charge is 0.497 e. The number of carbonyl (C=O) groups is 2. The molecule has 8 heteroatoms. The summed E-state index contributed by atoms with van der Waals surface area (Å²) in [5.74, 6) is 0.666. The number of nitrogens with zero attached hydrogens (tertiary/aromatic N) is 1. The highest BCUT2D eigenvalue weighted by atomic mass is 35.5. The predicted octanol–water partition coefficient (Wildman–Crippen LogP) is 3.93. The number of anilines is 2. The number of amides is 3. The molecule has 0 unspecified atom stereocenters. The average Bonchev–Trinajstić information content (AvgIpc) is 2.97. The zero-order chi connectivity index (χ0) is 18.7.